The number of nitrogens with two attached hydrogens (primary N) is 1. The molecule has 26 heavy (non-hydrogen) atoms. The maximum Gasteiger partial charge on any atom is 0.221 e. The Morgan fingerprint density at radius 2 is 1.81 bits per heavy atom. The third kappa shape index (κ3) is 3.62. The van der Waals surface area contributed by atoms with Crippen molar-refractivity contribution in [1.82, 2.24) is 4.98 Å². The van der Waals surface area contributed by atoms with E-state index in [9.17, 15) is 9.90 Å². The third-order valence-corrected chi connectivity index (χ3v) is 4.65. The molecule has 0 aliphatic rings. The van der Waals surface area contributed by atoms with Crippen molar-refractivity contribution in [3.05, 3.63) is 88.6 Å². The van der Waals surface area contributed by atoms with E-state index in [2.05, 4.69) is 4.98 Å². The molecule has 4 nitrogen and oxygen atoms in total. The van der Waals surface area contributed by atoms with E-state index in [0.717, 1.165) is 5.56 Å². The van der Waals surface area contributed by atoms with E-state index in [-0.39, 0.29) is 6.42 Å². The molecule has 0 fully saturated rings. The number of rotatable bonds is 5. The number of primary amides is 1. The van der Waals surface area contributed by atoms with Gasteiger partial charge in [-0.15, -0.1) is 0 Å². The largest absolute Gasteiger partial charge is 0.381 e. The van der Waals surface area contributed by atoms with Crippen LogP contribution in [0.4, 0.5) is 0 Å². The number of aromatic nitrogens is 1. The molecule has 5 heteroatoms. The number of carbonyl (C=O) groups is 1. The monoisotopic (exact) mass is 366 g/mol. The summed E-state index contributed by atoms with van der Waals surface area (Å²) in [5.74, 6) is -0.477. The first-order valence-corrected chi connectivity index (χ1v) is 8.58. The van der Waals surface area contributed by atoms with E-state index in [4.69, 9.17) is 17.3 Å². The Labute approximate surface area is 157 Å². The van der Waals surface area contributed by atoms with Crippen molar-refractivity contribution in [1.29, 1.82) is 0 Å². The molecule has 0 aliphatic heterocycles. The van der Waals surface area contributed by atoms with Crippen LogP contribution in [-0.4, -0.2) is 16.0 Å². The second-order valence-electron chi connectivity index (χ2n) is 6.29. The van der Waals surface area contributed by atoms with Gasteiger partial charge in [-0.1, -0.05) is 54.1 Å². The van der Waals surface area contributed by atoms with E-state index in [1.807, 2.05) is 42.5 Å². The van der Waals surface area contributed by atoms with Crippen LogP contribution in [0.25, 0.3) is 11.3 Å². The maximum absolute atomic E-state index is 11.6. The van der Waals surface area contributed by atoms with Gasteiger partial charge >= 0.3 is 0 Å². The minimum absolute atomic E-state index is 0.00430. The molecule has 0 aliphatic carbocycles. The van der Waals surface area contributed by atoms with E-state index in [1.165, 1.54) is 0 Å². The SMILES string of the molecule is CC(O)(c1ccccc1)c1cc(Cl)c(-c2ccccn2)c(CC(N)=O)c1. The molecule has 1 atom stereocenters. The highest BCUT2D eigenvalue weighted by Gasteiger charge is 2.28. The highest BCUT2D eigenvalue weighted by Crippen LogP contribution is 2.37. The molecule has 0 radical (unpaired) electrons. The fourth-order valence-corrected chi connectivity index (χ4v) is 3.33. The lowest BCUT2D eigenvalue weighted by Crippen LogP contribution is -2.23. The van der Waals surface area contributed by atoms with Gasteiger partial charge in [-0.05, 0) is 41.8 Å². The van der Waals surface area contributed by atoms with Crippen LogP contribution in [-0.2, 0) is 16.8 Å². The van der Waals surface area contributed by atoms with Crippen molar-refractivity contribution in [2.45, 2.75) is 18.9 Å². The summed E-state index contributed by atoms with van der Waals surface area (Å²) in [4.78, 5) is 15.9. The number of halogens is 1. The molecule has 1 unspecified atom stereocenters. The zero-order chi connectivity index (χ0) is 18.7. The van der Waals surface area contributed by atoms with Gasteiger partial charge in [-0.3, -0.25) is 9.78 Å². The highest BCUT2D eigenvalue weighted by molar-refractivity contribution is 6.33. The maximum atomic E-state index is 11.6. The number of hydrogen-bond donors (Lipinski definition) is 2. The molecular weight excluding hydrogens is 348 g/mol. The van der Waals surface area contributed by atoms with Gasteiger partial charge in [-0.25, -0.2) is 0 Å². The fourth-order valence-electron chi connectivity index (χ4n) is 3.00. The van der Waals surface area contributed by atoms with Gasteiger partial charge in [0, 0.05) is 11.8 Å². The smallest absolute Gasteiger partial charge is 0.221 e. The molecule has 132 valence electrons. The standard InChI is InChI=1S/C21H19ClN2O2/c1-21(26,15-7-3-2-4-8-15)16-11-14(12-19(23)25)20(17(22)13-16)18-9-5-6-10-24-18/h2-11,13,26H,12H2,1H3,(H2,23,25). The number of pyridine rings is 1. The predicted molar refractivity (Wildman–Crippen MR) is 103 cm³/mol. The van der Waals surface area contributed by atoms with Crippen molar-refractivity contribution in [3.63, 3.8) is 0 Å². The summed E-state index contributed by atoms with van der Waals surface area (Å²) in [5, 5.41) is 11.5. The first-order chi connectivity index (χ1) is 12.4. The average molecular weight is 367 g/mol. The van der Waals surface area contributed by atoms with Gasteiger partial charge in [0.1, 0.15) is 5.60 Å². The minimum atomic E-state index is -1.26. The predicted octanol–water partition coefficient (Wildman–Crippen LogP) is 3.69. The first-order valence-electron chi connectivity index (χ1n) is 8.20. The van der Waals surface area contributed by atoms with Crippen LogP contribution >= 0.6 is 11.6 Å². The fraction of sp³-hybridized carbons (Fsp3) is 0.143. The van der Waals surface area contributed by atoms with E-state index < -0.39 is 11.5 Å². The van der Waals surface area contributed by atoms with Gasteiger partial charge in [-0.2, -0.15) is 0 Å². The molecule has 0 bridgehead atoms. The van der Waals surface area contributed by atoms with Crippen molar-refractivity contribution in [3.8, 4) is 11.3 Å². The number of hydrogen-bond acceptors (Lipinski definition) is 3. The first kappa shape index (κ1) is 18.1. The summed E-state index contributed by atoms with van der Waals surface area (Å²) in [6, 6.07) is 18.2. The molecule has 2 aromatic carbocycles. The average Bonchev–Trinajstić information content (AvgIpc) is 2.62. The number of amides is 1. The molecule has 3 rings (SSSR count). The second kappa shape index (κ2) is 7.28. The normalized spacial score (nSPS) is 13.2. The van der Waals surface area contributed by atoms with Crippen LogP contribution in [0.1, 0.15) is 23.6 Å². The van der Waals surface area contributed by atoms with Gasteiger partial charge in [0.15, 0.2) is 0 Å². The third-order valence-electron chi connectivity index (χ3n) is 4.36. The second-order valence-corrected chi connectivity index (χ2v) is 6.70. The van der Waals surface area contributed by atoms with Crippen LogP contribution in [0, 0.1) is 0 Å². The molecule has 0 saturated heterocycles. The minimum Gasteiger partial charge on any atom is -0.381 e. The lowest BCUT2D eigenvalue weighted by molar-refractivity contribution is -0.117. The zero-order valence-corrected chi connectivity index (χ0v) is 15.1. The van der Waals surface area contributed by atoms with E-state index >= 15 is 0 Å². The van der Waals surface area contributed by atoms with Gasteiger partial charge < -0.3 is 10.8 Å². The Hall–Kier alpha value is -2.69. The number of aliphatic hydroxyl groups is 1. The van der Waals surface area contributed by atoms with Crippen molar-refractivity contribution < 1.29 is 9.90 Å². The van der Waals surface area contributed by atoms with Gasteiger partial charge in [0.25, 0.3) is 0 Å². The topological polar surface area (TPSA) is 76.2 Å². The zero-order valence-electron chi connectivity index (χ0n) is 14.3. The van der Waals surface area contributed by atoms with Crippen LogP contribution in [0.5, 0.6) is 0 Å². The summed E-state index contributed by atoms with van der Waals surface area (Å²) >= 11 is 6.54. The quantitative estimate of drug-likeness (QED) is 0.723. The molecular formula is C21H19ClN2O2. The van der Waals surface area contributed by atoms with Crippen LogP contribution in [0.2, 0.25) is 5.02 Å². The summed E-state index contributed by atoms with van der Waals surface area (Å²) in [7, 11) is 0. The molecule has 3 N–H and O–H groups in total. The molecule has 3 aromatic rings. The number of carbonyl (C=O) groups excluding carboxylic acids is 1. The van der Waals surface area contributed by atoms with Gasteiger partial charge in [0.2, 0.25) is 5.91 Å². The lowest BCUT2D eigenvalue weighted by atomic mass is 9.85. The summed E-state index contributed by atoms with van der Waals surface area (Å²) in [5.41, 5.74) is 7.42. The summed E-state index contributed by atoms with van der Waals surface area (Å²) < 4.78 is 0. The van der Waals surface area contributed by atoms with Gasteiger partial charge in [0.05, 0.1) is 17.1 Å². The Morgan fingerprint density at radius 3 is 2.42 bits per heavy atom. The molecule has 1 aromatic heterocycles. The van der Waals surface area contributed by atoms with Crippen molar-refractivity contribution in [2.75, 3.05) is 0 Å². The highest BCUT2D eigenvalue weighted by atomic mass is 35.5. The van der Waals surface area contributed by atoms with Crippen molar-refractivity contribution >= 4 is 17.5 Å². The summed E-state index contributed by atoms with van der Waals surface area (Å²) in [6.07, 6.45) is 1.66. The Bertz CT molecular complexity index is 926. The Balaban J connectivity index is 2.18. The molecule has 0 spiro atoms. The number of nitrogens with zero attached hydrogens (tertiary/aromatic N) is 1. The number of benzene rings is 2. The van der Waals surface area contributed by atoms with E-state index in [0.29, 0.717) is 27.4 Å². The Kier molecular flexibility index (Phi) is 5.07. The molecule has 0 saturated carbocycles. The van der Waals surface area contributed by atoms with Crippen LogP contribution in [0.15, 0.2) is 66.9 Å². The van der Waals surface area contributed by atoms with Crippen molar-refractivity contribution in [2.24, 2.45) is 5.73 Å². The summed E-state index contributed by atoms with van der Waals surface area (Å²) in [6.45, 7) is 1.70. The molecule has 1 amide bonds. The molecule has 1 heterocycles. The lowest BCUT2D eigenvalue weighted by Gasteiger charge is -2.26. The van der Waals surface area contributed by atoms with Crippen LogP contribution in [0.3, 0.4) is 0 Å². The Morgan fingerprint density at radius 1 is 1.12 bits per heavy atom. The van der Waals surface area contributed by atoms with Crippen LogP contribution < -0.4 is 5.73 Å². The van der Waals surface area contributed by atoms with E-state index in [1.54, 1.807) is 31.3 Å².